The van der Waals surface area contributed by atoms with Gasteiger partial charge in [0.15, 0.2) is 5.75 Å². The van der Waals surface area contributed by atoms with Crippen molar-refractivity contribution < 1.29 is 4.74 Å². The van der Waals surface area contributed by atoms with Gasteiger partial charge in [0.05, 0.1) is 11.7 Å². The highest BCUT2D eigenvalue weighted by atomic mass is 35.5. The lowest BCUT2D eigenvalue weighted by atomic mass is 9.91. The first kappa shape index (κ1) is 20.2. The Morgan fingerprint density at radius 1 is 0.857 bits per heavy atom. The quantitative estimate of drug-likeness (QED) is 0.589. The maximum absolute atomic E-state index is 6.20. The fraction of sp³-hybridized carbons (Fsp3) is 0.250. The van der Waals surface area contributed by atoms with E-state index in [0.29, 0.717) is 12.1 Å². The number of nitrogens with one attached hydrogen (secondary N) is 1. The molecule has 0 spiro atoms. The molecular formula is C24H27ClN2O. The summed E-state index contributed by atoms with van der Waals surface area (Å²) in [6.07, 6.45) is 2.34. The zero-order chi connectivity index (χ0) is 18.5. The zero-order valence-corrected chi connectivity index (χ0v) is 16.9. The van der Waals surface area contributed by atoms with Crippen LogP contribution in [0.25, 0.3) is 0 Å². The molecule has 0 aromatic heterocycles. The smallest absolute Gasteiger partial charge is 0.150 e. The third kappa shape index (κ3) is 4.49. The lowest BCUT2D eigenvalue weighted by Gasteiger charge is -2.40. The molecule has 3 nitrogen and oxygen atoms in total. The second kappa shape index (κ2) is 9.63. The Labute approximate surface area is 173 Å². The van der Waals surface area contributed by atoms with E-state index in [0.717, 1.165) is 30.2 Å². The topological polar surface area (TPSA) is 24.5 Å². The van der Waals surface area contributed by atoms with E-state index in [-0.39, 0.29) is 12.4 Å². The molecular weight excluding hydrogens is 368 g/mol. The minimum atomic E-state index is 0. The Bertz CT molecular complexity index is 857. The maximum atomic E-state index is 6.20. The normalized spacial score (nSPS) is 18.8. The summed E-state index contributed by atoms with van der Waals surface area (Å²) in [6, 6.07) is 29.7. The molecule has 4 heteroatoms. The maximum Gasteiger partial charge on any atom is 0.150 e. The predicted octanol–water partition coefficient (Wildman–Crippen LogP) is 5.83. The van der Waals surface area contributed by atoms with Crippen molar-refractivity contribution >= 4 is 18.1 Å². The van der Waals surface area contributed by atoms with E-state index in [1.165, 1.54) is 12.0 Å². The van der Waals surface area contributed by atoms with Crippen LogP contribution in [0.15, 0.2) is 84.9 Å². The van der Waals surface area contributed by atoms with Gasteiger partial charge in [-0.1, -0.05) is 60.7 Å². The van der Waals surface area contributed by atoms with E-state index in [4.69, 9.17) is 4.74 Å². The Kier molecular flexibility index (Phi) is 6.96. The van der Waals surface area contributed by atoms with Crippen LogP contribution in [0.2, 0.25) is 0 Å². The number of para-hydroxylation sites is 3. The van der Waals surface area contributed by atoms with Gasteiger partial charge in [0.25, 0.3) is 0 Å². The third-order valence-electron chi connectivity index (χ3n) is 5.30. The zero-order valence-electron chi connectivity index (χ0n) is 16.1. The Morgan fingerprint density at radius 3 is 2.25 bits per heavy atom. The third-order valence-corrected chi connectivity index (χ3v) is 5.30. The SMILES string of the molecule is CN(c1ccccc1Oc1ccccc1)[C@@H]1CCCN[C@@H]1c1ccccc1.Cl. The van der Waals surface area contributed by atoms with Gasteiger partial charge in [-0.3, -0.25) is 0 Å². The predicted molar refractivity (Wildman–Crippen MR) is 119 cm³/mol. The van der Waals surface area contributed by atoms with E-state index in [2.05, 4.69) is 59.7 Å². The molecule has 0 amide bonds. The molecule has 1 fully saturated rings. The standard InChI is InChI=1S/C24H26N2O.ClH/c1-26(22-16-10-18-25-24(22)19-11-4-2-5-12-19)21-15-8-9-17-23(21)27-20-13-6-3-7-14-20;/h2-9,11-15,17,22,24-25H,10,16,18H2,1H3;1H/t22-,24-;/m1./s1. The minimum absolute atomic E-state index is 0. The van der Waals surface area contributed by atoms with Crippen LogP contribution in [0.1, 0.15) is 24.4 Å². The van der Waals surface area contributed by atoms with Gasteiger partial charge < -0.3 is 15.0 Å². The van der Waals surface area contributed by atoms with Gasteiger partial charge >= 0.3 is 0 Å². The second-order valence-electron chi connectivity index (χ2n) is 7.05. The van der Waals surface area contributed by atoms with Gasteiger partial charge in [-0.2, -0.15) is 0 Å². The number of hydrogen-bond donors (Lipinski definition) is 1. The average molecular weight is 395 g/mol. The number of likely N-dealkylation sites (N-methyl/N-ethyl adjacent to an activating group) is 1. The lowest BCUT2D eigenvalue weighted by molar-refractivity contribution is 0.346. The van der Waals surface area contributed by atoms with Crippen molar-refractivity contribution in [3.05, 3.63) is 90.5 Å². The van der Waals surface area contributed by atoms with Crippen LogP contribution in [0.4, 0.5) is 5.69 Å². The number of anilines is 1. The number of benzene rings is 3. The molecule has 1 aliphatic rings. The first-order valence-electron chi connectivity index (χ1n) is 9.66. The van der Waals surface area contributed by atoms with Gasteiger partial charge in [0.1, 0.15) is 5.75 Å². The minimum Gasteiger partial charge on any atom is -0.455 e. The molecule has 3 aromatic carbocycles. The molecule has 0 saturated carbocycles. The number of nitrogens with zero attached hydrogens (tertiary/aromatic N) is 1. The van der Waals surface area contributed by atoms with Gasteiger partial charge in [-0.05, 0) is 49.2 Å². The van der Waals surface area contributed by atoms with Gasteiger partial charge in [-0.15, -0.1) is 12.4 Å². The first-order valence-corrected chi connectivity index (χ1v) is 9.66. The van der Waals surface area contributed by atoms with Crippen molar-refractivity contribution in [1.82, 2.24) is 5.32 Å². The van der Waals surface area contributed by atoms with Crippen LogP contribution in [0, 0.1) is 0 Å². The van der Waals surface area contributed by atoms with Crippen LogP contribution in [0.5, 0.6) is 11.5 Å². The van der Waals surface area contributed by atoms with Crippen molar-refractivity contribution in [2.75, 3.05) is 18.5 Å². The van der Waals surface area contributed by atoms with Crippen molar-refractivity contribution in [3.8, 4) is 11.5 Å². The summed E-state index contributed by atoms with van der Waals surface area (Å²) >= 11 is 0. The molecule has 1 heterocycles. The van der Waals surface area contributed by atoms with Crippen LogP contribution < -0.4 is 15.0 Å². The summed E-state index contributed by atoms with van der Waals surface area (Å²) in [5.74, 6) is 1.75. The number of piperidine rings is 1. The first-order chi connectivity index (χ1) is 13.3. The second-order valence-corrected chi connectivity index (χ2v) is 7.05. The fourth-order valence-corrected chi connectivity index (χ4v) is 3.92. The van der Waals surface area contributed by atoms with Crippen molar-refractivity contribution in [2.45, 2.75) is 24.9 Å². The molecule has 0 bridgehead atoms. The summed E-state index contributed by atoms with van der Waals surface area (Å²) in [4.78, 5) is 2.38. The number of rotatable bonds is 5. The monoisotopic (exact) mass is 394 g/mol. The van der Waals surface area contributed by atoms with Crippen LogP contribution >= 0.6 is 12.4 Å². The molecule has 146 valence electrons. The van der Waals surface area contributed by atoms with Crippen molar-refractivity contribution in [2.24, 2.45) is 0 Å². The molecule has 0 aliphatic carbocycles. The molecule has 4 rings (SSSR count). The Morgan fingerprint density at radius 2 is 1.50 bits per heavy atom. The highest BCUT2D eigenvalue weighted by Gasteiger charge is 2.30. The highest BCUT2D eigenvalue weighted by molar-refractivity contribution is 5.85. The average Bonchev–Trinajstić information content (AvgIpc) is 2.75. The number of halogens is 1. The molecule has 3 aromatic rings. The summed E-state index contributed by atoms with van der Waals surface area (Å²) in [6.45, 7) is 1.06. The van der Waals surface area contributed by atoms with E-state index in [9.17, 15) is 0 Å². The van der Waals surface area contributed by atoms with Crippen LogP contribution in [-0.4, -0.2) is 19.6 Å². The van der Waals surface area contributed by atoms with Gasteiger partial charge in [0.2, 0.25) is 0 Å². The number of ether oxygens (including phenoxy) is 1. The van der Waals surface area contributed by atoms with E-state index in [1.54, 1.807) is 0 Å². The Hall–Kier alpha value is -2.49. The fourth-order valence-electron chi connectivity index (χ4n) is 3.92. The van der Waals surface area contributed by atoms with Crippen LogP contribution in [-0.2, 0) is 0 Å². The summed E-state index contributed by atoms with van der Waals surface area (Å²) in [5, 5.41) is 3.72. The molecule has 0 unspecified atom stereocenters. The molecule has 0 radical (unpaired) electrons. The lowest BCUT2D eigenvalue weighted by Crippen LogP contribution is -2.47. The van der Waals surface area contributed by atoms with E-state index < -0.39 is 0 Å². The van der Waals surface area contributed by atoms with Gasteiger partial charge in [0, 0.05) is 13.1 Å². The Balaban J connectivity index is 0.00000225. The molecule has 1 saturated heterocycles. The largest absolute Gasteiger partial charge is 0.455 e. The van der Waals surface area contributed by atoms with Crippen molar-refractivity contribution in [3.63, 3.8) is 0 Å². The summed E-state index contributed by atoms with van der Waals surface area (Å²) < 4.78 is 6.20. The van der Waals surface area contributed by atoms with Crippen LogP contribution in [0.3, 0.4) is 0 Å². The van der Waals surface area contributed by atoms with E-state index >= 15 is 0 Å². The molecule has 28 heavy (non-hydrogen) atoms. The molecule has 1 N–H and O–H groups in total. The van der Waals surface area contributed by atoms with E-state index in [1.807, 2.05) is 42.5 Å². The van der Waals surface area contributed by atoms with Crippen molar-refractivity contribution in [1.29, 1.82) is 0 Å². The summed E-state index contributed by atoms with van der Waals surface area (Å²) in [7, 11) is 2.18. The highest BCUT2D eigenvalue weighted by Crippen LogP contribution is 2.36. The number of hydrogen-bond acceptors (Lipinski definition) is 3. The summed E-state index contributed by atoms with van der Waals surface area (Å²) in [5.41, 5.74) is 2.46. The van der Waals surface area contributed by atoms with Gasteiger partial charge in [-0.25, -0.2) is 0 Å². The molecule has 1 aliphatic heterocycles. The molecule has 2 atom stereocenters.